The van der Waals surface area contributed by atoms with Gasteiger partial charge in [-0.05, 0) is 56.4 Å². The topological polar surface area (TPSA) is 26.0 Å². The molecule has 0 aliphatic heterocycles. The van der Waals surface area contributed by atoms with Crippen molar-refractivity contribution in [3.63, 3.8) is 0 Å². The Hall–Kier alpha value is -4.56. The third-order valence-electron chi connectivity index (χ3n) is 7.98. The van der Waals surface area contributed by atoms with E-state index >= 15 is 0 Å². The molecule has 0 radical (unpaired) electrons. The van der Waals surface area contributed by atoms with E-state index in [9.17, 15) is 0 Å². The molecule has 0 aliphatic carbocycles. The Labute approximate surface area is 242 Å². The zero-order valence-electron chi connectivity index (χ0n) is 22.1. The molecule has 2 aromatic heterocycles. The van der Waals surface area contributed by atoms with Crippen molar-refractivity contribution < 1.29 is 4.42 Å². The number of furan rings is 1. The second-order valence-electron chi connectivity index (χ2n) is 10.3. The maximum absolute atomic E-state index is 6.64. The van der Waals surface area contributed by atoms with E-state index in [4.69, 9.17) is 21.2 Å². The zero-order valence-corrected chi connectivity index (χ0v) is 23.8. The predicted octanol–water partition coefficient (Wildman–Crippen LogP) is 8.71. The van der Waals surface area contributed by atoms with E-state index in [1.807, 2.05) is 18.3 Å². The van der Waals surface area contributed by atoms with E-state index < -0.39 is 6.04 Å². The van der Waals surface area contributed by atoms with E-state index in [1.54, 1.807) is 0 Å². The number of pyridine rings is 1. The maximum atomic E-state index is 6.64. The first-order valence-corrected chi connectivity index (χ1v) is 16.5. The van der Waals surface area contributed by atoms with Gasteiger partial charge in [-0.2, -0.15) is 0 Å². The second-order valence-corrected chi connectivity index (χ2v) is 14.7. The Kier molecular flexibility index (Phi) is 5.63. The van der Waals surface area contributed by atoms with Crippen molar-refractivity contribution in [3.05, 3.63) is 146 Å². The summed E-state index contributed by atoms with van der Waals surface area (Å²) >= 11 is 6.54. The van der Waals surface area contributed by atoms with Gasteiger partial charge in [-0.25, -0.2) is 0 Å². The van der Waals surface area contributed by atoms with Gasteiger partial charge in [0.15, 0.2) is 0 Å². The second kappa shape index (κ2) is 9.52. The van der Waals surface area contributed by atoms with Crippen LogP contribution in [0.3, 0.4) is 0 Å². The highest BCUT2D eigenvalue weighted by molar-refractivity contribution is 8.25. The van der Waals surface area contributed by atoms with Gasteiger partial charge < -0.3 is 4.42 Å². The maximum Gasteiger partial charge on any atom is 0.145 e. The molecule has 6 aromatic carbocycles. The molecular formula is C37H24NOPS. The normalized spacial score (nSPS) is 12.0. The predicted molar refractivity (Wildman–Crippen MR) is 178 cm³/mol. The number of rotatable bonds is 4. The largest absolute Gasteiger partial charge is 0.455 e. The highest BCUT2D eigenvalue weighted by Crippen LogP contribution is 2.45. The lowest BCUT2D eigenvalue weighted by Crippen LogP contribution is -2.25. The van der Waals surface area contributed by atoms with Crippen LogP contribution in [0.15, 0.2) is 150 Å². The molecule has 0 amide bonds. The minimum absolute atomic E-state index is 0.862. The van der Waals surface area contributed by atoms with Crippen molar-refractivity contribution in [2.45, 2.75) is 0 Å². The fraction of sp³-hybridized carbons (Fsp3) is 0. The Morgan fingerprint density at radius 1 is 0.537 bits per heavy atom. The van der Waals surface area contributed by atoms with Crippen molar-refractivity contribution in [2.24, 2.45) is 0 Å². The van der Waals surface area contributed by atoms with Crippen LogP contribution < -0.4 is 15.9 Å². The van der Waals surface area contributed by atoms with Gasteiger partial charge in [0, 0.05) is 33.9 Å². The van der Waals surface area contributed by atoms with Crippen LogP contribution in [0.2, 0.25) is 0 Å². The number of aromatic nitrogens is 1. The summed E-state index contributed by atoms with van der Waals surface area (Å²) in [5.74, 6) is 0. The van der Waals surface area contributed by atoms with Crippen LogP contribution in [-0.2, 0) is 11.8 Å². The molecule has 0 N–H and O–H groups in total. The smallest absolute Gasteiger partial charge is 0.145 e. The molecule has 0 spiro atoms. The van der Waals surface area contributed by atoms with Gasteiger partial charge in [0.1, 0.15) is 11.2 Å². The number of hydrogen-bond donors (Lipinski definition) is 0. The van der Waals surface area contributed by atoms with Crippen LogP contribution in [0.25, 0.3) is 54.7 Å². The third kappa shape index (κ3) is 3.78. The van der Waals surface area contributed by atoms with Gasteiger partial charge in [0.05, 0.1) is 5.69 Å². The number of nitrogens with zero attached hydrogens (tertiary/aromatic N) is 1. The lowest BCUT2D eigenvalue weighted by molar-refractivity contribution is 0.670. The molecule has 0 saturated carbocycles. The van der Waals surface area contributed by atoms with E-state index in [-0.39, 0.29) is 0 Å². The lowest BCUT2D eigenvalue weighted by atomic mass is 9.96. The van der Waals surface area contributed by atoms with Crippen LogP contribution in [-0.4, -0.2) is 4.98 Å². The first kappa shape index (κ1) is 24.3. The first-order valence-electron chi connectivity index (χ1n) is 13.7. The van der Waals surface area contributed by atoms with Gasteiger partial charge in [0.2, 0.25) is 0 Å². The highest BCUT2D eigenvalue weighted by Gasteiger charge is 2.25. The molecule has 4 heteroatoms. The van der Waals surface area contributed by atoms with Crippen LogP contribution in [0.5, 0.6) is 0 Å². The van der Waals surface area contributed by atoms with Crippen molar-refractivity contribution in [1.29, 1.82) is 0 Å². The molecule has 0 saturated heterocycles. The van der Waals surface area contributed by atoms with Gasteiger partial charge >= 0.3 is 0 Å². The standard InChI is InChI=1S/C37H24NOPS/c41-40(27-13-3-1-4-14-27,28-15-5-2-6-16-28)29-20-21-33(38-24-29)32-23-26-12-8-10-18-31(26)36-35-30-17-9-7-11-25(30)19-22-34(35)39-37(32)36/h1-24H. The molecule has 41 heavy (non-hydrogen) atoms. The van der Waals surface area contributed by atoms with E-state index in [1.165, 1.54) is 16.2 Å². The summed E-state index contributed by atoms with van der Waals surface area (Å²) in [6.45, 7) is 0. The summed E-state index contributed by atoms with van der Waals surface area (Å²) in [6, 6.07) is 46.4. The fourth-order valence-electron chi connectivity index (χ4n) is 6.03. The first-order chi connectivity index (χ1) is 20.2. The molecule has 8 rings (SSSR count). The van der Waals surface area contributed by atoms with Crippen molar-refractivity contribution in [3.8, 4) is 11.3 Å². The monoisotopic (exact) mass is 561 g/mol. The van der Waals surface area contributed by atoms with Crippen molar-refractivity contribution in [2.75, 3.05) is 0 Å². The number of fused-ring (bicyclic) bond motifs is 7. The molecule has 8 aromatic rings. The average molecular weight is 562 g/mol. The molecule has 0 atom stereocenters. The molecule has 2 nitrogen and oxygen atoms in total. The summed E-state index contributed by atoms with van der Waals surface area (Å²) < 4.78 is 6.64. The van der Waals surface area contributed by atoms with Crippen LogP contribution in [0.1, 0.15) is 0 Å². The SMILES string of the molecule is S=P(c1ccccc1)(c1ccccc1)c1ccc(-c2cc3ccccc3c3c2oc2ccc4ccccc4c23)nc1. The molecular weight excluding hydrogens is 537 g/mol. The van der Waals surface area contributed by atoms with E-state index in [2.05, 4.69) is 127 Å². The average Bonchev–Trinajstić information content (AvgIpc) is 3.46. The summed E-state index contributed by atoms with van der Waals surface area (Å²) in [5.41, 5.74) is 3.60. The Balaban J connectivity index is 1.37. The van der Waals surface area contributed by atoms with Crippen LogP contribution in [0, 0.1) is 0 Å². The summed E-state index contributed by atoms with van der Waals surface area (Å²) in [6.07, 6.45) is 1.98. The minimum Gasteiger partial charge on any atom is -0.455 e. The quantitative estimate of drug-likeness (QED) is 0.201. The molecule has 0 unspecified atom stereocenters. The highest BCUT2D eigenvalue weighted by atomic mass is 32.4. The molecule has 2 heterocycles. The minimum atomic E-state index is -2.28. The molecule has 194 valence electrons. The third-order valence-corrected chi connectivity index (χ3v) is 12.9. The van der Waals surface area contributed by atoms with Gasteiger partial charge in [-0.3, -0.25) is 4.98 Å². The van der Waals surface area contributed by atoms with Crippen LogP contribution >= 0.6 is 6.04 Å². The summed E-state index contributed by atoms with van der Waals surface area (Å²) in [5, 5.41) is 10.4. The zero-order chi connectivity index (χ0) is 27.4. The van der Waals surface area contributed by atoms with Crippen molar-refractivity contribution in [1.82, 2.24) is 4.98 Å². The summed E-state index contributed by atoms with van der Waals surface area (Å²) in [7, 11) is 0. The van der Waals surface area contributed by atoms with E-state index in [0.29, 0.717) is 0 Å². The Morgan fingerprint density at radius 2 is 1.15 bits per heavy atom. The van der Waals surface area contributed by atoms with Gasteiger partial charge in [-0.15, -0.1) is 0 Å². The van der Waals surface area contributed by atoms with Gasteiger partial charge in [-0.1, -0.05) is 127 Å². The molecule has 0 bridgehead atoms. The van der Waals surface area contributed by atoms with Crippen molar-refractivity contribution >= 4 is 77.2 Å². The molecule has 0 fully saturated rings. The van der Waals surface area contributed by atoms with E-state index in [0.717, 1.165) is 54.5 Å². The Bertz CT molecular complexity index is 2230. The molecule has 0 aliphatic rings. The summed E-state index contributed by atoms with van der Waals surface area (Å²) in [4.78, 5) is 5.06. The van der Waals surface area contributed by atoms with Gasteiger partial charge in [0.25, 0.3) is 0 Å². The van der Waals surface area contributed by atoms with Crippen LogP contribution in [0.4, 0.5) is 0 Å². The number of benzene rings is 6. The fourth-order valence-corrected chi connectivity index (χ4v) is 9.67. The number of hydrogen-bond acceptors (Lipinski definition) is 3. The Morgan fingerprint density at radius 3 is 1.80 bits per heavy atom. The lowest BCUT2D eigenvalue weighted by Gasteiger charge is -2.23.